The van der Waals surface area contributed by atoms with E-state index in [1.165, 1.54) is 18.2 Å². The number of hydrogen-bond acceptors (Lipinski definition) is 4. The first-order chi connectivity index (χ1) is 12.6. The number of halogens is 2. The molecule has 5 nitrogen and oxygen atoms in total. The highest BCUT2D eigenvalue weighted by atomic mass is 19.1. The molecule has 0 spiro atoms. The van der Waals surface area contributed by atoms with Crippen LogP contribution < -0.4 is 5.32 Å². The van der Waals surface area contributed by atoms with Crippen LogP contribution in [-0.2, 0) is 17.6 Å². The quantitative estimate of drug-likeness (QED) is 0.704. The van der Waals surface area contributed by atoms with Gasteiger partial charge in [0.1, 0.15) is 11.6 Å². The van der Waals surface area contributed by atoms with Gasteiger partial charge >= 0.3 is 0 Å². The number of aryl methyl sites for hydroxylation is 1. The number of aromatic nitrogens is 2. The van der Waals surface area contributed by atoms with Crippen LogP contribution in [0, 0.1) is 11.6 Å². The third-order valence-corrected chi connectivity index (χ3v) is 3.77. The van der Waals surface area contributed by atoms with Crippen molar-refractivity contribution in [2.24, 2.45) is 0 Å². The third kappa shape index (κ3) is 4.72. The predicted molar refractivity (Wildman–Crippen MR) is 91.1 cm³/mol. The normalized spacial score (nSPS) is 10.7. The zero-order valence-electron chi connectivity index (χ0n) is 13.9. The monoisotopic (exact) mass is 357 g/mol. The number of nitrogens with one attached hydrogen (secondary N) is 1. The van der Waals surface area contributed by atoms with Crippen LogP contribution in [-0.4, -0.2) is 22.6 Å². The van der Waals surface area contributed by atoms with Crippen LogP contribution in [0.1, 0.15) is 17.9 Å². The van der Waals surface area contributed by atoms with E-state index < -0.39 is 5.82 Å². The standard InChI is InChI=1S/C19H17F2N3O2/c20-14-5-3-4-13(12-14)10-11-22-17(25)8-9-18-23-19(24-26-18)15-6-1-2-7-16(15)21/h1-7,12H,8-11H2,(H,22,25). The van der Waals surface area contributed by atoms with Gasteiger partial charge in [0.15, 0.2) is 0 Å². The summed E-state index contributed by atoms with van der Waals surface area (Å²) in [6.45, 7) is 0.409. The van der Waals surface area contributed by atoms with E-state index in [2.05, 4.69) is 15.5 Å². The number of carbonyl (C=O) groups excluding carboxylic acids is 1. The van der Waals surface area contributed by atoms with Crippen molar-refractivity contribution in [2.75, 3.05) is 6.54 Å². The first kappa shape index (κ1) is 17.7. The highest BCUT2D eigenvalue weighted by Crippen LogP contribution is 2.19. The Morgan fingerprint density at radius 1 is 1.08 bits per heavy atom. The van der Waals surface area contributed by atoms with Crippen molar-refractivity contribution >= 4 is 5.91 Å². The molecule has 0 fully saturated rings. The van der Waals surface area contributed by atoms with Gasteiger partial charge in [0, 0.05) is 19.4 Å². The van der Waals surface area contributed by atoms with Gasteiger partial charge in [-0.3, -0.25) is 4.79 Å². The van der Waals surface area contributed by atoms with Crippen LogP contribution in [0.5, 0.6) is 0 Å². The Bertz CT molecular complexity index is 896. The number of carbonyl (C=O) groups is 1. The maximum absolute atomic E-state index is 13.7. The van der Waals surface area contributed by atoms with E-state index in [4.69, 9.17) is 4.52 Å². The molecule has 2 aromatic carbocycles. The van der Waals surface area contributed by atoms with E-state index in [1.807, 2.05) is 0 Å². The lowest BCUT2D eigenvalue weighted by atomic mass is 10.1. The molecule has 1 N–H and O–H groups in total. The highest BCUT2D eigenvalue weighted by molar-refractivity contribution is 5.76. The molecule has 0 aliphatic carbocycles. The van der Waals surface area contributed by atoms with Gasteiger partial charge in [-0.15, -0.1) is 0 Å². The van der Waals surface area contributed by atoms with Crippen molar-refractivity contribution in [3.05, 3.63) is 71.6 Å². The van der Waals surface area contributed by atoms with E-state index in [0.717, 1.165) is 5.56 Å². The molecule has 3 aromatic rings. The molecule has 134 valence electrons. The molecule has 7 heteroatoms. The molecule has 0 aliphatic rings. The molecule has 26 heavy (non-hydrogen) atoms. The Morgan fingerprint density at radius 2 is 1.92 bits per heavy atom. The Morgan fingerprint density at radius 3 is 2.73 bits per heavy atom. The number of amides is 1. The second-order valence-corrected chi connectivity index (χ2v) is 5.72. The first-order valence-corrected chi connectivity index (χ1v) is 8.20. The third-order valence-electron chi connectivity index (χ3n) is 3.77. The average Bonchev–Trinajstić information content (AvgIpc) is 3.09. The molecule has 0 radical (unpaired) electrons. The van der Waals surface area contributed by atoms with Crippen molar-refractivity contribution in [3.8, 4) is 11.4 Å². The van der Waals surface area contributed by atoms with Gasteiger partial charge in [0.05, 0.1) is 5.56 Å². The fourth-order valence-corrected chi connectivity index (χ4v) is 2.46. The summed E-state index contributed by atoms with van der Waals surface area (Å²) in [4.78, 5) is 16.0. The van der Waals surface area contributed by atoms with Gasteiger partial charge in [-0.1, -0.05) is 29.4 Å². The maximum atomic E-state index is 13.7. The number of rotatable bonds is 7. The second kappa shape index (κ2) is 8.33. The van der Waals surface area contributed by atoms with E-state index in [-0.39, 0.29) is 41.8 Å². The smallest absolute Gasteiger partial charge is 0.227 e. The van der Waals surface area contributed by atoms with Crippen LogP contribution in [0.15, 0.2) is 53.1 Å². The number of benzene rings is 2. The lowest BCUT2D eigenvalue weighted by molar-refractivity contribution is -0.121. The lowest BCUT2D eigenvalue weighted by Crippen LogP contribution is -2.25. The van der Waals surface area contributed by atoms with Gasteiger partial charge in [-0.25, -0.2) is 8.78 Å². The summed E-state index contributed by atoms with van der Waals surface area (Å²) in [5, 5.41) is 6.50. The molecule has 0 saturated carbocycles. The fraction of sp³-hybridized carbons (Fsp3) is 0.211. The van der Waals surface area contributed by atoms with E-state index >= 15 is 0 Å². The summed E-state index contributed by atoms with van der Waals surface area (Å²) in [6, 6.07) is 12.4. The molecule has 3 rings (SSSR count). The Balaban J connectivity index is 1.45. The maximum Gasteiger partial charge on any atom is 0.227 e. The Labute approximate surface area is 149 Å². The molecule has 0 aliphatic heterocycles. The van der Waals surface area contributed by atoms with Gasteiger partial charge in [-0.05, 0) is 36.2 Å². The van der Waals surface area contributed by atoms with Crippen molar-refractivity contribution in [1.29, 1.82) is 0 Å². The minimum absolute atomic E-state index is 0.157. The number of hydrogen-bond donors (Lipinski definition) is 1. The lowest BCUT2D eigenvalue weighted by Gasteiger charge is -2.04. The van der Waals surface area contributed by atoms with Gasteiger partial charge in [0.25, 0.3) is 0 Å². The van der Waals surface area contributed by atoms with E-state index in [0.29, 0.717) is 13.0 Å². The SMILES string of the molecule is O=C(CCc1nc(-c2ccccc2F)no1)NCCc1cccc(F)c1. The molecule has 1 aromatic heterocycles. The molecule has 1 amide bonds. The minimum atomic E-state index is -0.435. The Kier molecular flexibility index (Phi) is 5.68. The van der Waals surface area contributed by atoms with Gasteiger partial charge < -0.3 is 9.84 Å². The topological polar surface area (TPSA) is 68.0 Å². The molecular weight excluding hydrogens is 340 g/mol. The van der Waals surface area contributed by atoms with Crippen LogP contribution >= 0.6 is 0 Å². The fourth-order valence-electron chi connectivity index (χ4n) is 2.46. The summed E-state index contributed by atoms with van der Waals surface area (Å²) in [5.41, 5.74) is 1.07. The van der Waals surface area contributed by atoms with Crippen LogP contribution in [0.2, 0.25) is 0 Å². The van der Waals surface area contributed by atoms with Crippen molar-refractivity contribution in [1.82, 2.24) is 15.5 Å². The van der Waals surface area contributed by atoms with Gasteiger partial charge in [0.2, 0.25) is 17.6 Å². The summed E-state index contributed by atoms with van der Waals surface area (Å²) in [5.74, 6) is -0.481. The summed E-state index contributed by atoms with van der Waals surface area (Å²) < 4.78 is 31.8. The molecule has 1 heterocycles. The first-order valence-electron chi connectivity index (χ1n) is 8.20. The average molecular weight is 357 g/mol. The van der Waals surface area contributed by atoms with Crippen molar-refractivity contribution in [3.63, 3.8) is 0 Å². The van der Waals surface area contributed by atoms with Crippen molar-refractivity contribution in [2.45, 2.75) is 19.3 Å². The highest BCUT2D eigenvalue weighted by Gasteiger charge is 2.13. The molecule has 0 atom stereocenters. The van der Waals surface area contributed by atoms with Crippen LogP contribution in [0.3, 0.4) is 0 Å². The van der Waals surface area contributed by atoms with E-state index in [1.54, 1.807) is 30.3 Å². The summed E-state index contributed by atoms with van der Waals surface area (Å²) in [7, 11) is 0. The molecule has 0 bridgehead atoms. The Hall–Kier alpha value is -3.09. The minimum Gasteiger partial charge on any atom is -0.356 e. The second-order valence-electron chi connectivity index (χ2n) is 5.72. The van der Waals surface area contributed by atoms with Crippen LogP contribution in [0.4, 0.5) is 8.78 Å². The number of nitrogens with zero attached hydrogens (tertiary/aromatic N) is 2. The van der Waals surface area contributed by atoms with Crippen molar-refractivity contribution < 1.29 is 18.1 Å². The molecule has 0 saturated heterocycles. The van der Waals surface area contributed by atoms with Crippen LogP contribution in [0.25, 0.3) is 11.4 Å². The zero-order chi connectivity index (χ0) is 18.4. The predicted octanol–water partition coefficient (Wildman–Crippen LogP) is 3.31. The molecule has 0 unspecified atom stereocenters. The van der Waals surface area contributed by atoms with Gasteiger partial charge in [-0.2, -0.15) is 4.98 Å². The molecular formula is C19H17F2N3O2. The largest absolute Gasteiger partial charge is 0.356 e. The summed E-state index contributed by atoms with van der Waals surface area (Å²) >= 11 is 0. The zero-order valence-corrected chi connectivity index (χ0v) is 13.9. The summed E-state index contributed by atoms with van der Waals surface area (Å²) in [6.07, 6.45) is 0.969. The van der Waals surface area contributed by atoms with E-state index in [9.17, 15) is 13.6 Å².